The predicted molar refractivity (Wildman–Crippen MR) is 80.5 cm³/mol. The number of likely N-dealkylation sites (tertiary alicyclic amines) is 1. The van der Waals surface area contributed by atoms with E-state index in [4.69, 9.17) is 0 Å². The van der Waals surface area contributed by atoms with E-state index < -0.39 is 6.17 Å². The minimum Gasteiger partial charge on any atom is -0.312 e. The van der Waals surface area contributed by atoms with Crippen molar-refractivity contribution in [1.29, 1.82) is 0 Å². The average Bonchev–Trinajstić information content (AvgIpc) is 2.78. The third-order valence-electron chi connectivity index (χ3n) is 4.93. The molecule has 0 radical (unpaired) electrons. The summed E-state index contributed by atoms with van der Waals surface area (Å²) in [6.07, 6.45) is 8.97. The molecular weight excluding hydrogens is 267 g/mol. The first-order valence-electron chi connectivity index (χ1n) is 8.10. The van der Waals surface area contributed by atoms with Crippen LogP contribution in [0.15, 0.2) is 18.7 Å². The standard InChI is InChI=1S/C16H25FN4/c1-2-12-3-15(4-12)20-8-16-5-14(17)10-21(16)9-13-6-18-11-19-7-13/h6-7,11-12,14-16,20H,2-5,8-10H2,1H3/t12?,14-,15?,16-/m0/s1. The van der Waals surface area contributed by atoms with Crippen molar-refractivity contribution in [3.63, 3.8) is 0 Å². The molecule has 21 heavy (non-hydrogen) atoms. The maximum atomic E-state index is 13.8. The molecule has 3 rings (SSSR count). The van der Waals surface area contributed by atoms with Crippen LogP contribution < -0.4 is 5.32 Å². The van der Waals surface area contributed by atoms with E-state index in [1.165, 1.54) is 25.6 Å². The second-order valence-corrected chi connectivity index (χ2v) is 6.51. The minimum absolute atomic E-state index is 0.292. The van der Waals surface area contributed by atoms with Gasteiger partial charge in [-0.1, -0.05) is 13.3 Å². The molecule has 2 atom stereocenters. The number of aromatic nitrogens is 2. The van der Waals surface area contributed by atoms with Crippen LogP contribution in [-0.2, 0) is 6.54 Å². The molecule has 1 aliphatic heterocycles. The summed E-state index contributed by atoms with van der Waals surface area (Å²) in [6.45, 7) is 4.43. The van der Waals surface area contributed by atoms with Crippen LogP contribution in [0.25, 0.3) is 0 Å². The fourth-order valence-corrected chi connectivity index (χ4v) is 3.51. The largest absolute Gasteiger partial charge is 0.312 e. The highest BCUT2D eigenvalue weighted by atomic mass is 19.1. The van der Waals surface area contributed by atoms with E-state index in [1.807, 2.05) is 12.4 Å². The van der Waals surface area contributed by atoms with Gasteiger partial charge in [-0.15, -0.1) is 0 Å². The zero-order valence-electron chi connectivity index (χ0n) is 12.7. The molecule has 1 saturated heterocycles. The molecule has 5 heteroatoms. The van der Waals surface area contributed by atoms with E-state index in [9.17, 15) is 4.39 Å². The molecule has 4 nitrogen and oxygen atoms in total. The molecule has 2 aliphatic rings. The molecule has 0 unspecified atom stereocenters. The molecule has 1 saturated carbocycles. The van der Waals surface area contributed by atoms with Crippen LogP contribution in [0.3, 0.4) is 0 Å². The topological polar surface area (TPSA) is 41.0 Å². The minimum atomic E-state index is -0.703. The molecule has 0 bridgehead atoms. The number of rotatable bonds is 6. The van der Waals surface area contributed by atoms with Crippen LogP contribution in [-0.4, -0.2) is 46.2 Å². The van der Waals surface area contributed by atoms with E-state index in [-0.39, 0.29) is 0 Å². The van der Waals surface area contributed by atoms with Crippen LogP contribution in [0, 0.1) is 5.92 Å². The van der Waals surface area contributed by atoms with Crippen molar-refractivity contribution in [3.8, 4) is 0 Å². The molecule has 116 valence electrons. The molecule has 1 aliphatic carbocycles. The van der Waals surface area contributed by atoms with Gasteiger partial charge >= 0.3 is 0 Å². The van der Waals surface area contributed by atoms with Crippen molar-refractivity contribution >= 4 is 0 Å². The second-order valence-electron chi connectivity index (χ2n) is 6.51. The number of nitrogens with one attached hydrogen (secondary N) is 1. The second kappa shape index (κ2) is 6.79. The molecule has 2 heterocycles. The van der Waals surface area contributed by atoms with E-state index in [1.54, 1.807) is 0 Å². The summed E-state index contributed by atoms with van der Waals surface area (Å²) >= 11 is 0. The SMILES string of the molecule is CCC1CC(NC[C@@H]2C[C@H](F)CN2Cc2cncnc2)C1. The van der Waals surface area contributed by atoms with Crippen LogP contribution >= 0.6 is 0 Å². The highest BCUT2D eigenvalue weighted by molar-refractivity contribution is 5.04. The molecule has 0 spiro atoms. The maximum absolute atomic E-state index is 13.8. The van der Waals surface area contributed by atoms with Crippen molar-refractivity contribution in [2.45, 2.75) is 57.4 Å². The Morgan fingerprint density at radius 1 is 1.29 bits per heavy atom. The Kier molecular flexibility index (Phi) is 4.80. The lowest BCUT2D eigenvalue weighted by molar-refractivity contribution is 0.183. The maximum Gasteiger partial charge on any atom is 0.115 e. The summed E-state index contributed by atoms with van der Waals surface area (Å²) in [4.78, 5) is 10.3. The fraction of sp³-hybridized carbons (Fsp3) is 0.750. The number of alkyl halides is 1. The number of halogens is 1. The van der Waals surface area contributed by atoms with Gasteiger partial charge in [-0.05, 0) is 25.2 Å². The smallest absolute Gasteiger partial charge is 0.115 e. The zero-order valence-corrected chi connectivity index (χ0v) is 12.7. The van der Waals surface area contributed by atoms with Crippen molar-refractivity contribution in [2.75, 3.05) is 13.1 Å². The summed E-state index contributed by atoms with van der Waals surface area (Å²) in [5.41, 5.74) is 1.06. The van der Waals surface area contributed by atoms with Crippen LogP contribution in [0.4, 0.5) is 4.39 Å². The van der Waals surface area contributed by atoms with Gasteiger partial charge in [0.15, 0.2) is 0 Å². The Morgan fingerprint density at radius 2 is 2.05 bits per heavy atom. The Balaban J connectivity index is 1.48. The van der Waals surface area contributed by atoms with Gasteiger partial charge in [0.05, 0.1) is 0 Å². The molecule has 1 aromatic rings. The molecule has 1 aromatic heterocycles. The van der Waals surface area contributed by atoms with Gasteiger partial charge in [-0.3, -0.25) is 4.90 Å². The first kappa shape index (κ1) is 14.9. The van der Waals surface area contributed by atoms with Crippen LogP contribution in [0.2, 0.25) is 0 Å². The summed E-state index contributed by atoms with van der Waals surface area (Å²) in [7, 11) is 0. The Morgan fingerprint density at radius 3 is 2.76 bits per heavy atom. The highest BCUT2D eigenvalue weighted by Crippen LogP contribution is 2.30. The lowest BCUT2D eigenvalue weighted by Gasteiger charge is -2.37. The Hall–Kier alpha value is -1.07. The van der Waals surface area contributed by atoms with E-state index >= 15 is 0 Å². The van der Waals surface area contributed by atoms with Crippen LogP contribution in [0.1, 0.15) is 38.2 Å². The Labute approximate surface area is 126 Å². The molecule has 0 amide bonds. The molecular formula is C16H25FN4. The fourth-order valence-electron chi connectivity index (χ4n) is 3.51. The third-order valence-corrected chi connectivity index (χ3v) is 4.93. The quantitative estimate of drug-likeness (QED) is 0.872. The van der Waals surface area contributed by atoms with Crippen molar-refractivity contribution in [2.24, 2.45) is 5.92 Å². The summed E-state index contributed by atoms with van der Waals surface area (Å²) in [5, 5.41) is 3.62. The van der Waals surface area contributed by atoms with Gasteiger partial charge in [0.25, 0.3) is 0 Å². The lowest BCUT2D eigenvalue weighted by Crippen LogP contribution is -2.46. The van der Waals surface area contributed by atoms with E-state index in [2.05, 4.69) is 27.1 Å². The van der Waals surface area contributed by atoms with Gasteiger partial charge in [-0.2, -0.15) is 0 Å². The zero-order chi connectivity index (χ0) is 14.7. The lowest BCUT2D eigenvalue weighted by atomic mass is 9.78. The third kappa shape index (κ3) is 3.77. The van der Waals surface area contributed by atoms with Gasteiger partial charge in [0.1, 0.15) is 12.5 Å². The van der Waals surface area contributed by atoms with E-state index in [0.29, 0.717) is 25.0 Å². The monoisotopic (exact) mass is 292 g/mol. The molecule has 0 aromatic carbocycles. The molecule has 1 N–H and O–H groups in total. The number of hydrogen-bond acceptors (Lipinski definition) is 4. The van der Waals surface area contributed by atoms with Crippen molar-refractivity contribution in [3.05, 3.63) is 24.3 Å². The number of hydrogen-bond donors (Lipinski definition) is 1. The van der Waals surface area contributed by atoms with E-state index in [0.717, 1.165) is 24.6 Å². The number of nitrogens with zero attached hydrogens (tertiary/aromatic N) is 3. The summed E-state index contributed by atoms with van der Waals surface area (Å²) in [5.74, 6) is 0.901. The van der Waals surface area contributed by atoms with Gasteiger partial charge in [-0.25, -0.2) is 14.4 Å². The van der Waals surface area contributed by atoms with Crippen molar-refractivity contribution in [1.82, 2.24) is 20.2 Å². The van der Waals surface area contributed by atoms with Crippen molar-refractivity contribution < 1.29 is 4.39 Å². The summed E-state index contributed by atoms with van der Waals surface area (Å²) < 4.78 is 13.8. The van der Waals surface area contributed by atoms with Crippen LogP contribution in [0.5, 0.6) is 0 Å². The average molecular weight is 292 g/mol. The van der Waals surface area contributed by atoms with Gasteiger partial charge in [0, 0.05) is 49.7 Å². The van der Waals surface area contributed by atoms with Gasteiger partial charge < -0.3 is 5.32 Å². The summed E-state index contributed by atoms with van der Waals surface area (Å²) in [6, 6.07) is 0.941. The first-order valence-corrected chi connectivity index (χ1v) is 8.10. The Bertz CT molecular complexity index is 435. The molecule has 2 fully saturated rings. The normalized spacial score (nSPS) is 33.0. The predicted octanol–water partition coefficient (Wildman–Crippen LogP) is 2.17. The highest BCUT2D eigenvalue weighted by Gasteiger charge is 2.34. The first-order chi connectivity index (χ1) is 10.2. The van der Waals surface area contributed by atoms with Gasteiger partial charge in [0.2, 0.25) is 0 Å².